The van der Waals surface area contributed by atoms with Gasteiger partial charge in [-0.1, -0.05) is 0 Å². The monoisotopic (exact) mass is 364 g/mol. The van der Waals surface area contributed by atoms with Gasteiger partial charge in [0.05, 0.1) is 22.9 Å². The average Bonchev–Trinajstić information content (AvgIpc) is 2.84. The van der Waals surface area contributed by atoms with Crippen LogP contribution in [0.5, 0.6) is 0 Å². The van der Waals surface area contributed by atoms with Crippen molar-refractivity contribution in [1.82, 2.24) is 9.55 Å². The van der Waals surface area contributed by atoms with E-state index in [1.165, 1.54) is 0 Å². The average molecular weight is 365 g/mol. The fourth-order valence-electron chi connectivity index (χ4n) is 2.73. The Morgan fingerprint density at radius 1 is 1.18 bits per heavy atom. The summed E-state index contributed by atoms with van der Waals surface area (Å²) in [6.07, 6.45) is 4.03. The van der Waals surface area contributed by atoms with Crippen LogP contribution in [0.25, 0.3) is 10.9 Å². The molecule has 0 bridgehead atoms. The first-order chi connectivity index (χ1) is 10.1. The Morgan fingerprint density at radius 2 is 1.77 bits per heavy atom. The highest BCUT2D eigenvalue weighted by molar-refractivity contribution is 9.10. The van der Waals surface area contributed by atoms with Gasteiger partial charge in [0.25, 0.3) is 0 Å². The van der Waals surface area contributed by atoms with E-state index in [2.05, 4.69) is 73.2 Å². The summed E-state index contributed by atoms with van der Waals surface area (Å²) in [5.74, 6) is 0. The van der Waals surface area contributed by atoms with Crippen LogP contribution in [0.3, 0.4) is 0 Å². The zero-order valence-corrected chi connectivity index (χ0v) is 15.6. The molecule has 4 nitrogen and oxygen atoms in total. The van der Waals surface area contributed by atoms with Crippen LogP contribution in [0, 0.1) is 0 Å². The maximum atomic E-state index is 6.22. The summed E-state index contributed by atoms with van der Waals surface area (Å²) in [5.41, 5.74) is 1.48. The van der Waals surface area contributed by atoms with Gasteiger partial charge in [-0.15, -0.1) is 0 Å². The second-order valence-corrected chi connectivity index (χ2v) is 8.01. The molecule has 0 aliphatic carbocycles. The highest BCUT2D eigenvalue weighted by Crippen LogP contribution is 2.37. The standard InChI is InChI=1S/C16H22BBrN2O2/c1-10(2)20-9-12(11-7-14(18)19-8-13(11)20)17-21-15(3,4)16(5,6)22-17/h7-10H,1-6H3. The van der Waals surface area contributed by atoms with E-state index in [0.29, 0.717) is 6.04 Å². The molecule has 0 spiro atoms. The van der Waals surface area contributed by atoms with E-state index in [1.807, 2.05) is 12.3 Å². The van der Waals surface area contributed by atoms with Crippen molar-refractivity contribution in [2.75, 3.05) is 0 Å². The quantitative estimate of drug-likeness (QED) is 0.602. The van der Waals surface area contributed by atoms with Crippen LogP contribution < -0.4 is 5.46 Å². The minimum Gasteiger partial charge on any atom is -0.399 e. The molecule has 3 heterocycles. The SMILES string of the molecule is CC(C)n1cc(B2OC(C)(C)C(C)(C)O2)c2cc(Br)ncc21. The largest absolute Gasteiger partial charge is 0.497 e. The van der Waals surface area contributed by atoms with Gasteiger partial charge in [-0.3, -0.25) is 0 Å². The van der Waals surface area contributed by atoms with Gasteiger partial charge in [0.2, 0.25) is 0 Å². The molecule has 0 saturated carbocycles. The zero-order valence-electron chi connectivity index (χ0n) is 14.0. The van der Waals surface area contributed by atoms with Crippen LogP contribution >= 0.6 is 15.9 Å². The van der Waals surface area contributed by atoms with E-state index in [0.717, 1.165) is 21.0 Å². The minimum atomic E-state index is -0.359. The van der Waals surface area contributed by atoms with Crippen LogP contribution in [0.4, 0.5) is 0 Å². The maximum Gasteiger partial charge on any atom is 0.497 e. The number of nitrogens with zero attached hydrogens (tertiary/aromatic N) is 2. The van der Waals surface area contributed by atoms with Gasteiger partial charge >= 0.3 is 7.12 Å². The van der Waals surface area contributed by atoms with Crippen molar-refractivity contribution < 1.29 is 9.31 Å². The van der Waals surface area contributed by atoms with Gasteiger partial charge in [0.1, 0.15) is 4.60 Å². The lowest BCUT2D eigenvalue weighted by Gasteiger charge is -2.32. The Morgan fingerprint density at radius 3 is 2.32 bits per heavy atom. The first-order valence-corrected chi connectivity index (χ1v) is 8.43. The second-order valence-electron chi connectivity index (χ2n) is 7.20. The molecule has 1 aliphatic rings. The van der Waals surface area contributed by atoms with Gasteiger partial charge in [-0.25, -0.2) is 4.98 Å². The molecule has 2 aromatic heterocycles. The highest BCUT2D eigenvalue weighted by atomic mass is 79.9. The Labute approximate surface area is 140 Å². The smallest absolute Gasteiger partial charge is 0.399 e. The van der Waals surface area contributed by atoms with E-state index in [1.54, 1.807) is 0 Å². The highest BCUT2D eigenvalue weighted by Gasteiger charge is 2.52. The fourth-order valence-corrected chi connectivity index (χ4v) is 3.06. The van der Waals surface area contributed by atoms with Gasteiger partial charge < -0.3 is 13.9 Å². The lowest BCUT2D eigenvalue weighted by atomic mass is 9.79. The molecular formula is C16H22BBrN2O2. The first kappa shape index (κ1) is 16.0. The van der Waals surface area contributed by atoms with Crippen molar-refractivity contribution in [2.45, 2.75) is 58.8 Å². The van der Waals surface area contributed by atoms with Crippen molar-refractivity contribution in [3.05, 3.63) is 23.1 Å². The fraction of sp³-hybridized carbons (Fsp3) is 0.562. The van der Waals surface area contributed by atoms with E-state index in [-0.39, 0.29) is 18.3 Å². The molecule has 0 amide bonds. The molecule has 0 N–H and O–H groups in total. The number of fused-ring (bicyclic) bond motifs is 1. The van der Waals surface area contributed by atoms with Crippen LogP contribution in [0.2, 0.25) is 0 Å². The number of halogens is 1. The van der Waals surface area contributed by atoms with Crippen LogP contribution in [-0.4, -0.2) is 27.9 Å². The van der Waals surface area contributed by atoms with Crippen LogP contribution in [0.15, 0.2) is 23.1 Å². The molecule has 1 saturated heterocycles. The van der Waals surface area contributed by atoms with Gasteiger partial charge in [0, 0.05) is 23.1 Å². The molecule has 0 atom stereocenters. The normalized spacial score (nSPS) is 20.3. The third-order valence-electron chi connectivity index (χ3n) is 4.78. The molecule has 0 radical (unpaired) electrons. The Bertz CT molecular complexity index is 708. The summed E-state index contributed by atoms with van der Waals surface area (Å²) in [5, 5.41) is 1.12. The molecule has 0 aromatic carbocycles. The summed E-state index contributed by atoms with van der Waals surface area (Å²) in [6.45, 7) is 12.6. The van der Waals surface area contributed by atoms with Crippen molar-refractivity contribution in [1.29, 1.82) is 0 Å². The number of aromatic nitrogens is 2. The summed E-state index contributed by atoms with van der Waals surface area (Å²) in [7, 11) is -0.359. The summed E-state index contributed by atoms with van der Waals surface area (Å²) in [4.78, 5) is 4.36. The molecule has 1 fully saturated rings. The molecule has 2 aromatic rings. The second kappa shape index (κ2) is 5.08. The number of pyridine rings is 1. The summed E-state index contributed by atoms with van der Waals surface area (Å²) < 4.78 is 15.5. The van der Waals surface area contributed by atoms with E-state index in [4.69, 9.17) is 9.31 Å². The molecule has 22 heavy (non-hydrogen) atoms. The van der Waals surface area contributed by atoms with Gasteiger partial charge in [-0.2, -0.15) is 0 Å². The topological polar surface area (TPSA) is 36.3 Å². The Balaban J connectivity index is 2.14. The lowest BCUT2D eigenvalue weighted by Crippen LogP contribution is -2.41. The Hall–Kier alpha value is -0.845. The van der Waals surface area contributed by atoms with Crippen LogP contribution in [-0.2, 0) is 9.31 Å². The molecular weight excluding hydrogens is 343 g/mol. The van der Waals surface area contributed by atoms with Crippen molar-refractivity contribution in [3.63, 3.8) is 0 Å². The number of hydrogen-bond acceptors (Lipinski definition) is 3. The minimum absolute atomic E-state index is 0.339. The molecule has 6 heteroatoms. The lowest BCUT2D eigenvalue weighted by molar-refractivity contribution is 0.00578. The van der Waals surface area contributed by atoms with E-state index < -0.39 is 0 Å². The molecule has 1 aliphatic heterocycles. The first-order valence-electron chi connectivity index (χ1n) is 7.64. The van der Waals surface area contributed by atoms with Gasteiger partial charge in [-0.05, 0) is 63.5 Å². The molecule has 3 rings (SSSR count). The van der Waals surface area contributed by atoms with Gasteiger partial charge in [0.15, 0.2) is 0 Å². The van der Waals surface area contributed by atoms with E-state index in [9.17, 15) is 0 Å². The summed E-state index contributed by atoms with van der Waals surface area (Å²) >= 11 is 3.46. The van der Waals surface area contributed by atoms with Crippen molar-refractivity contribution in [2.24, 2.45) is 0 Å². The third kappa shape index (κ3) is 2.41. The Kier molecular flexibility index (Phi) is 3.70. The van der Waals surface area contributed by atoms with E-state index >= 15 is 0 Å². The zero-order chi connectivity index (χ0) is 16.3. The predicted octanol–water partition coefficient (Wildman–Crippen LogP) is 3.68. The summed E-state index contributed by atoms with van der Waals surface area (Å²) in [6, 6.07) is 2.39. The third-order valence-corrected chi connectivity index (χ3v) is 5.21. The number of hydrogen-bond donors (Lipinski definition) is 0. The molecule has 118 valence electrons. The van der Waals surface area contributed by atoms with Crippen LogP contribution in [0.1, 0.15) is 47.6 Å². The predicted molar refractivity (Wildman–Crippen MR) is 93.5 cm³/mol. The van der Waals surface area contributed by atoms with Crippen molar-refractivity contribution in [3.8, 4) is 0 Å². The number of rotatable bonds is 2. The molecule has 0 unspecified atom stereocenters. The maximum absolute atomic E-state index is 6.22. The van der Waals surface area contributed by atoms with Crippen molar-refractivity contribution >= 4 is 39.4 Å².